The van der Waals surface area contributed by atoms with Gasteiger partial charge in [-0.05, 0) is 62.6 Å². The molecule has 3 N–H and O–H groups in total. The predicted octanol–water partition coefficient (Wildman–Crippen LogP) is 2.74. The summed E-state index contributed by atoms with van der Waals surface area (Å²) in [6, 6.07) is 5.21. The molecule has 2 heterocycles. The lowest BCUT2D eigenvalue weighted by Gasteiger charge is -2.36. The third-order valence-electron chi connectivity index (χ3n) is 5.63. The van der Waals surface area contributed by atoms with Crippen LogP contribution in [0.2, 0.25) is 0 Å². The SMILES string of the molecule is CN=C(NCCCC(=O)NC1CC1)NCC(c1cccs1)N1CCC(C)CC1. The first kappa shape index (κ1) is 21.1. The van der Waals surface area contributed by atoms with Crippen LogP contribution in [-0.4, -0.2) is 56.0 Å². The zero-order valence-electron chi connectivity index (χ0n) is 17.2. The Bertz CT molecular complexity index is 621. The van der Waals surface area contributed by atoms with Gasteiger partial charge in [0.25, 0.3) is 0 Å². The average molecular weight is 406 g/mol. The largest absolute Gasteiger partial charge is 0.356 e. The Morgan fingerprint density at radius 1 is 1.29 bits per heavy atom. The minimum atomic E-state index is 0.171. The van der Waals surface area contributed by atoms with Crippen molar-refractivity contribution in [1.82, 2.24) is 20.9 Å². The van der Waals surface area contributed by atoms with Gasteiger partial charge < -0.3 is 16.0 Å². The summed E-state index contributed by atoms with van der Waals surface area (Å²) < 4.78 is 0. The van der Waals surface area contributed by atoms with E-state index in [9.17, 15) is 4.79 Å². The zero-order valence-corrected chi connectivity index (χ0v) is 18.1. The lowest BCUT2D eigenvalue weighted by atomic mass is 9.97. The second-order valence-corrected chi connectivity index (χ2v) is 9.05. The molecule has 1 aromatic heterocycles. The van der Waals surface area contributed by atoms with Crippen molar-refractivity contribution >= 4 is 23.2 Å². The number of aliphatic imine (C=N–C) groups is 1. The maximum absolute atomic E-state index is 11.8. The number of nitrogens with one attached hydrogen (secondary N) is 3. The molecular weight excluding hydrogens is 370 g/mol. The number of hydrogen-bond donors (Lipinski definition) is 3. The van der Waals surface area contributed by atoms with Gasteiger partial charge in [0.1, 0.15) is 0 Å². The number of guanidine groups is 1. The van der Waals surface area contributed by atoms with Crippen LogP contribution in [0.5, 0.6) is 0 Å². The van der Waals surface area contributed by atoms with Crippen LogP contribution in [-0.2, 0) is 4.79 Å². The number of carbonyl (C=O) groups excluding carboxylic acids is 1. The fourth-order valence-electron chi connectivity index (χ4n) is 3.63. The molecular formula is C21H35N5OS. The Kier molecular flexibility index (Phi) is 8.15. The molecule has 0 radical (unpaired) electrons. The van der Waals surface area contributed by atoms with Gasteiger partial charge in [-0.15, -0.1) is 11.3 Å². The van der Waals surface area contributed by atoms with E-state index in [2.05, 4.69) is 50.3 Å². The number of likely N-dealkylation sites (tertiary alicyclic amines) is 1. The van der Waals surface area contributed by atoms with Gasteiger partial charge in [0.15, 0.2) is 5.96 Å². The highest BCUT2D eigenvalue weighted by molar-refractivity contribution is 7.10. The van der Waals surface area contributed by atoms with Crippen molar-refractivity contribution in [3.05, 3.63) is 22.4 Å². The number of carbonyl (C=O) groups is 1. The smallest absolute Gasteiger partial charge is 0.220 e. The molecule has 1 atom stereocenters. The Hall–Kier alpha value is -1.60. The zero-order chi connectivity index (χ0) is 19.8. The van der Waals surface area contributed by atoms with Crippen molar-refractivity contribution < 1.29 is 4.79 Å². The molecule has 0 spiro atoms. The summed E-state index contributed by atoms with van der Waals surface area (Å²) in [5.41, 5.74) is 0. The molecule has 1 unspecified atom stereocenters. The summed E-state index contributed by atoms with van der Waals surface area (Å²) in [6.07, 6.45) is 6.22. The van der Waals surface area contributed by atoms with Crippen LogP contribution in [0.1, 0.15) is 56.4 Å². The van der Waals surface area contributed by atoms with Crippen LogP contribution in [0.25, 0.3) is 0 Å². The van der Waals surface area contributed by atoms with Gasteiger partial charge in [-0.1, -0.05) is 13.0 Å². The summed E-state index contributed by atoms with van der Waals surface area (Å²) in [6.45, 7) is 6.27. The van der Waals surface area contributed by atoms with Crippen LogP contribution in [0, 0.1) is 5.92 Å². The van der Waals surface area contributed by atoms with Crippen LogP contribution in [0.4, 0.5) is 0 Å². The van der Waals surface area contributed by atoms with Crippen molar-refractivity contribution in [2.24, 2.45) is 10.9 Å². The highest BCUT2D eigenvalue weighted by atomic mass is 32.1. The van der Waals surface area contributed by atoms with E-state index in [1.54, 1.807) is 7.05 Å². The van der Waals surface area contributed by atoms with E-state index in [0.29, 0.717) is 18.5 Å². The number of piperidine rings is 1. The Labute approximate surface area is 173 Å². The molecule has 2 fully saturated rings. The van der Waals surface area contributed by atoms with Crippen molar-refractivity contribution in [3.8, 4) is 0 Å². The third-order valence-corrected chi connectivity index (χ3v) is 6.61. The molecule has 0 aromatic carbocycles. The van der Waals surface area contributed by atoms with Crippen molar-refractivity contribution in [2.75, 3.05) is 33.2 Å². The summed E-state index contributed by atoms with van der Waals surface area (Å²) in [4.78, 5) is 20.1. The van der Waals surface area contributed by atoms with E-state index in [1.807, 2.05) is 11.3 Å². The number of thiophene rings is 1. The van der Waals surface area contributed by atoms with E-state index in [4.69, 9.17) is 0 Å². The number of hydrogen-bond acceptors (Lipinski definition) is 4. The lowest BCUT2D eigenvalue weighted by Crippen LogP contribution is -2.45. The molecule has 1 amide bonds. The summed E-state index contributed by atoms with van der Waals surface area (Å²) in [7, 11) is 1.80. The predicted molar refractivity (Wildman–Crippen MR) is 117 cm³/mol. The third kappa shape index (κ3) is 6.78. The summed E-state index contributed by atoms with van der Waals surface area (Å²) in [5.74, 6) is 1.82. The molecule has 28 heavy (non-hydrogen) atoms. The highest BCUT2D eigenvalue weighted by Gasteiger charge is 2.25. The van der Waals surface area contributed by atoms with Crippen LogP contribution in [0.3, 0.4) is 0 Å². The van der Waals surface area contributed by atoms with E-state index >= 15 is 0 Å². The maximum atomic E-state index is 11.8. The molecule has 1 aromatic rings. The molecule has 1 aliphatic carbocycles. The monoisotopic (exact) mass is 405 g/mol. The molecule has 7 heteroatoms. The van der Waals surface area contributed by atoms with Crippen LogP contribution < -0.4 is 16.0 Å². The standard InChI is InChI=1S/C21H35N5OS/c1-16-9-12-26(13-10-16)18(19-5-4-14-28-19)15-24-21(22-2)23-11-3-6-20(27)25-17-7-8-17/h4-5,14,16-18H,3,6-13,15H2,1-2H3,(H,25,27)(H2,22,23,24). The van der Waals surface area contributed by atoms with Gasteiger partial charge in [0.2, 0.25) is 5.91 Å². The second kappa shape index (κ2) is 10.8. The van der Waals surface area contributed by atoms with E-state index in [0.717, 1.165) is 57.3 Å². The normalized spacial score (nSPS) is 20.0. The number of nitrogens with zero attached hydrogens (tertiary/aromatic N) is 2. The van der Waals surface area contributed by atoms with Gasteiger partial charge in [0.05, 0.1) is 6.04 Å². The Morgan fingerprint density at radius 3 is 2.71 bits per heavy atom. The molecule has 2 aliphatic rings. The molecule has 1 saturated carbocycles. The van der Waals surface area contributed by atoms with Gasteiger partial charge >= 0.3 is 0 Å². The quantitative estimate of drug-likeness (QED) is 0.336. The van der Waals surface area contributed by atoms with E-state index in [1.165, 1.54) is 17.7 Å². The fraction of sp³-hybridized carbons (Fsp3) is 0.714. The van der Waals surface area contributed by atoms with E-state index in [-0.39, 0.29) is 5.91 Å². The van der Waals surface area contributed by atoms with Gasteiger partial charge in [-0.2, -0.15) is 0 Å². The van der Waals surface area contributed by atoms with Gasteiger partial charge in [-0.3, -0.25) is 14.7 Å². The topological polar surface area (TPSA) is 68.8 Å². The molecule has 3 rings (SSSR count). The fourth-order valence-corrected chi connectivity index (χ4v) is 4.49. The average Bonchev–Trinajstić information content (AvgIpc) is 3.34. The number of amides is 1. The van der Waals surface area contributed by atoms with Crippen LogP contribution >= 0.6 is 11.3 Å². The van der Waals surface area contributed by atoms with Crippen LogP contribution in [0.15, 0.2) is 22.5 Å². The second-order valence-electron chi connectivity index (χ2n) is 8.07. The summed E-state index contributed by atoms with van der Waals surface area (Å²) >= 11 is 1.83. The Morgan fingerprint density at radius 2 is 2.07 bits per heavy atom. The number of rotatable bonds is 9. The minimum Gasteiger partial charge on any atom is -0.356 e. The Balaban J connectivity index is 1.42. The highest BCUT2D eigenvalue weighted by Crippen LogP contribution is 2.29. The van der Waals surface area contributed by atoms with Gasteiger partial charge in [-0.25, -0.2) is 0 Å². The minimum absolute atomic E-state index is 0.171. The van der Waals surface area contributed by atoms with Crippen molar-refractivity contribution in [1.29, 1.82) is 0 Å². The maximum Gasteiger partial charge on any atom is 0.220 e. The van der Waals surface area contributed by atoms with Crippen molar-refractivity contribution in [2.45, 2.75) is 57.5 Å². The van der Waals surface area contributed by atoms with Gasteiger partial charge in [0, 0.05) is 37.5 Å². The molecule has 156 valence electrons. The summed E-state index contributed by atoms with van der Waals surface area (Å²) in [5, 5.41) is 12.0. The molecule has 0 bridgehead atoms. The molecule has 1 aliphatic heterocycles. The first-order chi connectivity index (χ1) is 13.7. The lowest BCUT2D eigenvalue weighted by molar-refractivity contribution is -0.121. The van der Waals surface area contributed by atoms with Crippen molar-refractivity contribution in [3.63, 3.8) is 0 Å². The van der Waals surface area contributed by atoms with E-state index < -0.39 is 0 Å². The molecule has 6 nitrogen and oxygen atoms in total. The molecule has 1 saturated heterocycles. The first-order valence-electron chi connectivity index (χ1n) is 10.7. The first-order valence-corrected chi connectivity index (χ1v) is 11.5.